The maximum atomic E-state index is 5.90. The molecule has 15 heavy (non-hydrogen) atoms. The molecule has 2 aliphatic carbocycles. The molecule has 0 aromatic carbocycles. The van der Waals surface area contributed by atoms with Crippen LogP contribution >= 0.6 is 0 Å². The van der Waals surface area contributed by atoms with Crippen LogP contribution in [0.2, 0.25) is 0 Å². The van der Waals surface area contributed by atoms with Crippen molar-refractivity contribution in [1.29, 1.82) is 0 Å². The van der Waals surface area contributed by atoms with Crippen molar-refractivity contribution in [1.82, 2.24) is 5.32 Å². The molecule has 0 bridgehead atoms. The molecule has 0 atom stereocenters. The predicted molar refractivity (Wildman–Crippen MR) is 63.6 cm³/mol. The van der Waals surface area contributed by atoms with Gasteiger partial charge in [0, 0.05) is 24.2 Å². The van der Waals surface area contributed by atoms with Gasteiger partial charge in [0.25, 0.3) is 0 Å². The third-order valence-corrected chi connectivity index (χ3v) is 4.02. The SMILES string of the molecule is NC1CCC(NC2CCC(N)CC2)CC1. The number of rotatable bonds is 2. The highest BCUT2D eigenvalue weighted by Crippen LogP contribution is 2.22. The molecular formula is C12H25N3. The van der Waals surface area contributed by atoms with Crippen LogP contribution in [0.15, 0.2) is 0 Å². The van der Waals surface area contributed by atoms with Gasteiger partial charge in [0.15, 0.2) is 0 Å². The number of hydrogen-bond donors (Lipinski definition) is 3. The standard InChI is InChI=1S/C12H25N3/c13-9-1-5-11(6-2-9)15-12-7-3-10(14)4-8-12/h9-12,15H,1-8,13-14H2. The average Bonchev–Trinajstić information content (AvgIpc) is 2.25. The minimum Gasteiger partial charge on any atom is -0.328 e. The van der Waals surface area contributed by atoms with Gasteiger partial charge in [0.05, 0.1) is 0 Å². The Morgan fingerprint density at radius 2 is 0.933 bits per heavy atom. The number of nitrogens with one attached hydrogen (secondary N) is 1. The second-order valence-electron chi connectivity index (χ2n) is 5.39. The van der Waals surface area contributed by atoms with Gasteiger partial charge in [0.1, 0.15) is 0 Å². The average molecular weight is 211 g/mol. The first kappa shape index (κ1) is 11.4. The first-order valence-electron chi connectivity index (χ1n) is 6.51. The lowest BCUT2D eigenvalue weighted by Crippen LogP contribution is -2.45. The van der Waals surface area contributed by atoms with Crippen LogP contribution in [-0.2, 0) is 0 Å². The first-order chi connectivity index (χ1) is 7.24. The van der Waals surface area contributed by atoms with Crippen molar-refractivity contribution in [3.8, 4) is 0 Å². The highest BCUT2D eigenvalue weighted by atomic mass is 15.0. The van der Waals surface area contributed by atoms with Crippen LogP contribution in [0.3, 0.4) is 0 Å². The van der Waals surface area contributed by atoms with E-state index in [9.17, 15) is 0 Å². The molecule has 2 aliphatic rings. The van der Waals surface area contributed by atoms with Gasteiger partial charge in [-0.2, -0.15) is 0 Å². The van der Waals surface area contributed by atoms with Crippen LogP contribution in [0.1, 0.15) is 51.4 Å². The Labute approximate surface area is 93.0 Å². The van der Waals surface area contributed by atoms with Crippen LogP contribution < -0.4 is 16.8 Å². The van der Waals surface area contributed by atoms with E-state index >= 15 is 0 Å². The molecule has 0 saturated heterocycles. The maximum Gasteiger partial charge on any atom is 0.00708 e. The molecule has 0 radical (unpaired) electrons. The van der Waals surface area contributed by atoms with E-state index in [2.05, 4.69) is 5.32 Å². The lowest BCUT2D eigenvalue weighted by molar-refractivity contribution is 0.268. The summed E-state index contributed by atoms with van der Waals surface area (Å²) in [5.74, 6) is 0. The number of nitrogens with two attached hydrogens (primary N) is 2. The third-order valence-electron chi connectivity index (χ3n) is 4.02. The smallest absolute Gasteiger partial charge is 0.00708 e. The summed E-state index contributed by atoms with van der Waals surface area (Å²) in [6, 6.07) is 2.37. The Kier molecular flexibility index (Phi) is 4.00. The molecular weight excluding hydrogens is 186 g/mol. The molecule has 0 aliphatic heterocycles. The van der Waals surface area contributed by atoms with E-state index in [-0.39, 0.29) is 0 Å². The summed E-state index contributed by atoms with van der Waals surface area (Å²) in [5.41, 5.74) is 11.8. The van der Waals surface area contributed by atoms with E-state index in [1.54, 1.807) is 0 Å². The monoisotopic (exact) mass is 211 g/mol. The molecule has 88 valence electrons. The van der Waals surface area contributed by atoms with E-state index in [4.69, 9.17) is 11.5 Å². The van der Waals surface area contributed by atoms with Gasteiger partial charge in [-0.1, -0.05) is 0 Å². The minimum atomic E-state index is 0.461. The molecule has 0 aromatic heterocycles. The summed E-state index contributed by atoms with van der Waals surface area (Å²) < 4.78 is 0. The molecule has 0 heterocycles. The third kappa shape index (κ3) is 3.44. The van der Waals surface area contributed by atoms with Crippen molar-refractivity contribution in [2.24, 2.45) is 11.5 Å². The van der Waals surface area contributed by atoms with Gasteiger partial charge in [0.2, 0.25) is 0 Å². The summed E-state index contributed by atoms with van der Waals surface area (Å²) in [6.45, 7) is 0. The normalized spacial score (nSPS) is 42.8. The molecule has 0 aromatic rings. The van der Waals surface area contributed by atoms with Crippen LogP contribution in [0.4, 0.5) is 0 Å². The Balaban J connectivity index is 1.68. The number of hydrogen-bond acceptors (Lipinski definition) is 3. The van der Waals surface area contributed by atoms with E-state index in [0.29, 0.717) is 12.1 Å². The second kappa shape index (κ2) is 5.28. The lowest BCUT2D eigenvalue weighted by atomic mass is 9.88. The van der Waals surface area contributed by atoms with Crippen LogP contribution in [0.25, 0.3) is 0 Å². The van der Waals surface area contributed by atoms with Gasteiger partial charge in [-0.3, -0.25) is 0 Å². The second-order valence-corrected chi connectivity index (χ2v) is 5.39. The van der Waals surface area contributed by atoms with Gasteiger partial charge in [-0.15, -0.1) is 0 Å². The predicted octanol–water partition coefficient (Wildman–Crippen LogP) is 1.12. The van der Waals surface area contributed by atoms with Crippen molar-refractivity contribution >= 4 is 0 Å². The molecule has 5 N–H and O–H groups in total. The van der Waals surface area contributed by atoms with Crippen LogP contribution in [0.5, 0.6) is 0 Å². The summed E-state index contributed by atoms with van der Waals surface area (Å²) >= 11 is 0. The Morgan fingerprint density at radius 3 is 1.27 bits per heavy atom. The highest BCUT2D eigenvalue weighted by molar-refractivity contribution is 4.85. The minimum absolute atomic E-state index is 0.461. The van der Waals surface area contributed by atoms with Crippen LogP contribution in [0, 0.1) is 0 Å². The zero-order valence-corrected chi connectivity index (χ0v) is 9.62. The Bertz CT molecular complexity index is 159. The molecule has 0 unspecified atom stereocenters. The summed E-state index contributed by atoms with van der Waals surface area (Å²) in [4.78, 5) is 0. The zero-order chi connectivity index (χ0) is 10.7. The van der Waals surface area contributed by atoms with E-state index in [1.165, 1.54) is 51.4 Å². The topological polar surface area (TPSA) is 64.1 Å². The fourth-order valence-electron chi connectivity index (χ4n) is 2.91. The zero-order valence-electron chi connectivity index (χ0n) is 9.62. The summed E-state index contributed by atoms with van der Waals surface area (Å²) in [6.07, 6.45) is 9.86. The lowest BCUT2D eigenvalue weighted by Gasteiger charge is -2.33. The molecule has 2 fully saturated rings. The van der Waals surface area contributed by atoms with Crippen molar-refractivity contribution in [3.05, 3.63) is 0 Å². The molecule has 3 nitrogen and oxygen atoms in total. The Morgan fingerprint density at radius 1 is 0.600 bits per heavy atom. The maximum absolute atomic E-state index is 5.90. The van der Waals surface area contributed by atoms with Crippen molar-refractivity contribution in [3.63, 3.8) is 0 Å². The van der Waals surface area contributed by atoms with Gasteiger partial charge < -0.3 is 16.8 Å². The fraction of sp³-hybridized carbons (Fsp3) is 1.00. The van der Waals surface area contributed by atoms with Crippen molar-refractivity contribution in [2.75, 3.05) is 0 Å². The van der Waals surface area contributed by atoms with Crippen molar-refractivity contribution < 1.29 is 0 Å². The molecule has 3 heteroatoms. The van der Waals surface area contributed by atoms with Crippen LogP contribution in [-0.4, -0.2) is 24.2 Å². The van der Waals surface area contributed by atoms with Gasteiger partial charge in [-0.25, -0.2) is 0 Å². The van der Waals surface area contributed by atoms with Gasteiger partial charge in [-0.05, 0) is 51.4 Å². The molecule has 0 spiro atoms. The van der Waals surface area contributed by atoms with E-state index in [1.807, 2.05) is 0 Å². The van der Waals surface area contributed by atoms with E-state index < -0.39 is 0 Å². The largest absolute Gasteiger partial charge is 0.328 e. The molecule has 2 saturated carbocycles. The van der Waals surface area contributed by atoms with Gasteiger partial charge >= 0.3 is 0 Å². The molecule has 2 rings (SSSR count). The van der Waals surface area contributed by atoms with Crippen molar-refractivity contribution in [2.45, 2.75) is 75.5 Å². The molecule has 0 amide bonds. The first-order valence-corrected chi connectivity index (χ1v) is 6.51. The fourth-order valence-corrected chi connectivity index (χ4v) is 2.91. The quantitative estimate of drug-likeness (QED) is 0.641. The highest BCUT2D eigenvalue weighted by Gasteiger charge is 2.23. The Hall–Kier alpha value is -0.120. The summed E-state index contributed by atoms with van der Waals surface area (Å²) in [7, 11) is 0. The van der Waals surface area contributed by atoms with E-state index in [0.717, 1.165) is 12.1 Å². The summed E-state index contributed by atoms with van der Waals surface area (Å²) in [5, 5.41) is 3.79.